The van der Waals surface area contributed by atoms with Gasteiger partial charge in [0.25, 0.3) is 0 Å². The molecular weight excluding hydrogens is 291 g/mol. The van der Waals surface area contributed by atoms with E-state index in [9.17, 15) is 18.0 Å². The first-order chi connectivity index (χ1) is 10.5. The molecule has 120 valence electrons. The second-order valence-corrected chi connectivity index (χ2v) is 6.29. The summed E-state index contributed by atoms with van der Waals surface area (Å²) in [4.78, 5) is 14.4. The molecule has 3 rings (SSSR count). The Morgan fingerprint density at radius 1 is 1.00 bits per heavy atom. The van der Waals surface area contributed by atoms with Gasteiger partial charge < -0.3 is 4.90 Å². The lowest BCUT2D eigenvalue weighted by molar-refractivity contribution is -0.142. The Bertz CT molecular complexity index is 534. The summed E-state index contributed by atoms with van der Waals surface area (Å²) in [6, 6.07) is 5.23. The van der Waals surface area contributed by atoms with Crippen molar-refractivity contribution in [3.63, 3.8) is 0 Å². The summed E-state index contributed by atoms with van der Waals surface area (Å²) in [7, 11) is 0. The molecule has 1 aliphatic carbocycles. The summed E-state index contributed by atoms with van der Waals surface area (Å²) in [5.74, 6) is 0.325. The van der Waals surface area contributed by atoms with E-state index >= 15 is 0 Å². The Labute approximate surface area is 128 Å². The standard InChI is InChI=1S/C17H20F3NO/c18-17(19,20)14-9-7-12(8-10-14)15-6-1-2-11-21(15)16(22)13-4-3-5-13/h7-10,13,15H,1-6,11H2. The molecule has 0 N–H and O–H groups in total. The number of alkyl halides is 3. The molecule has 2 nitrogen and oxygen atoms in total. The number of hydrogen-bond acceptors (Lipinski definition) is 1. The lowest BCUT2D eigenvalue weighted by atomic mass is 9.83. The minimum Gasteiger partial charge on any atom is -0.335 e. The minimum atomic E-state index is -4.31. The molecule has 0 radical (unpaired) electrons. The summed E-state index contributed by atoms with van der Waals surface area (Å²) in [6.45, 7) is 0.723. The van der Waals surface area contributed by atoms with Crippen molar-refractivity contribution in [2.45, 2.75) is 50.7 Å². The van der Waals surface area contributed by atoms with Crippen molar-refractivity contribution in [2.75, 3.05) is 6.54 Å². The van der Waals surface area contributed by atoms with Gasteiger partial charge >= 0.3 is 6.18 Å². The van der Waals surface area contributed by atoms with Crippen molar-refractivity contribution in [1.82, 2.24) is 4.90 Å². The van der Waals surface area contributed by atoms with Gasteiger partial charge in [-0.2, -0.15) is 13.2 Å². The van der Waals surface area contributed by atoms with E-state index < -0.39 is 11.7 Å². The molecule has 1 saturated carbocycles. The van der Waals surface area contributed by atoms with Crippen molar-refractivity contribution in [1.29, 1.82) is 0 Å². The molecule has 0 spiro atoms. The Morgan fingerprint density at radius 3 is 2.23 bits per heavy atom. The highest BCUT2D eigenvalue weighted by atomic mass is 19.4. The molecule has 1 unspecified atom stereocenters. The average Bonchev–Trinajstić information content (AvgIpc) is 2.45. The van der Waals surface area contributed by atoms with E-state index in [4.69, 9.17) is 0 Å². The van der Waals surface area contributed by atoms with Crippen molar-refractivity contribution < 1.29 is 18.0 Å². The van der Waals surface area contributed by atoms with Gasteiger partial charge in [-0.3, -0.25) is 4.79 Å². The van der Waals surface area contributed by atoms with E-state index in [1.54, 1.807) is 0 Å². The van der Waals surface area contributed by atoms with Gasteiger partial charge in [0.15, 0.2) is 0 Å². The van der Waals surface area contributed by atoms with Gasteiger partial charge in [-0.1, -0.05) is 18.6 Å². The van der Waals surface area contributed by atoms with Gasteiger partial charge in [-0.25, -0.2) is 0 Å². The Morgan fingerprint density at radius 2 is 1.68 bits per heavy atom. The number of benzene rings is 1. The summed E-state index contributed by atoms with van der Waals surface area (Å²) in [5.41, 5.74) is 0.185. The van der Waals surface area contributed by atoms with Crippen LogP contribution >= 0.6 is 0 Å². The number of amides is 1. The molecule has 22 heavy (non-hydrogen) atoms. The van der Waals surface area contributed by atoms with Gasteiger partial charge in [-0.05, 0) is 49.8 Å². The Balaban J connectivity index is 1.79. The highest BCUT2D eigenvalue weighted by molar-refractivity contribution is 5.80. The van der Waals surface area contributed by atoms with E-state index in [0.717, 1.165) is 62.8 Å². The fourth-order valence-corrected chi connectivity index (χ4v) is 3.33. The van der Waals surface area contributed by atoms with Crippen LogP contribution in [0.1, 0.15) is 55.7 Å². The van der Waals surface area contributed by atoms with Crippen molar-refractivity contribution in [2.24, 2.45) is 5.92 Å². The van der Waals surface area contributed by atoms with E-state index in [2.05, 4.69) is 0 Å². The fraction of sp³-hybridized carbons (Fsp3) is 0.588. The van der Waals surface area contributed by atoms with Crippen LogP contribution in [0.3, 0.4) is 0 Å². The highest BCUT2D eigenvalue weighted by Gasteiger charge is 2.35. The van der Waals surface area contributed by atoms with Gasteiger partial charge in [0.05, 0.1) is 11.6 Å². The van der Waals surface area contributed by atoms with Crippen LogP contribution in [0.5, 0.6) is 0 Å². The number of hydrogen-bond donors (Lipinski definition) is 0. The SMILES string of the molecule is O=C(C1CCC1)N1CCCCC1c1ccc(C(F)(F)F)cc1. The Hall–Kier alpha value is -1.52. The Kier molecular flexibility index (Phi) is 4.15. The van der Waals surface area contributed by atoms with Crippen LogP contribution in [0, 0.1) is 5.92 Å². The first-order valence-electron chi connectivity index (χ1n) is 7.94. The van der Waals surface area contributed by atoms with Crippen molar-refractivity contribution in [3.05, 3.63) is 35.4 Å². The number of nitrogens with zero attached hydrogens (tertiary/aromatic N) is 1. The first kappa shape index (κ1) is 15.4. The predicted octanol–water partition coefficient (Wildman–Crippen LogP) is 4.56. The third-order valence-electron chi connectivity index (χ3n) is 4.86. The molecule has 1 aromatic carbocycles. The van der Waals surface area contributed by atoms with Crippen LogP contribution < -0.4 is 0 Å². The van der Waals surface area contributed by atoms with Crippen LogP contribution in [0.4, 0.5) is 13.2 Å². The van der Waals surface area contributed by atoms with E-state index in [1.165, 1.54) is 12.1 Å². The van der Waals surface area contributed by atoms with Crippen LogP contribution in [0.25, 0.3) is 0 Å². The third kappa shape index (κ3) is 2.99. The summed E-state index contributed by atoms with van der Waals surface area (Å²) >= 11 is 0. The monoisotopic (exact) mass is 311 g/mol. The topological polar surface area (TPSA) is 20.3 Å². The van der Waals surface area contributed by atoms with Crippen molar-refractivity contribution >= 4 is 5.91 Å². The zero-order valence-electron chi connectivity index (χ0n) is 12.4. The number of piperidine rings is 1. The molecule has 1 saturated heterocycles. The number of likely N-dealkylation sites (tertiary alicyclic amines) is 1. The zero-order valence-corrected chi connectivity index (χ0v) is 12.4. The number of halogens is 3. The molecule has 1 atom stereocenters. The van der Waals surface area contributed by atoms with E-state index in [0.29, 0.717) is 0 Å². The van der Waals surface area contributed by atoms with E-state index in [1.807, 2.05) is 4.90 Å². The molecule has 5 heteroatoms. The fourth-order valence-electron chi connectivity index (χ4n) is 3.33. The molecule has 0 bridgehead atoms. The third-order valence-corrected chi connectivity index (χ3v) is 4.86. The van der Waals surface area contributed by atoms with Crippen LogP contribution in [0.15, 0.2) is 24.3 Å². The first-order valence-corrected chi connectivity index (χ1v) is 7.94. The van der Waals surface area contributed by atoms with Crippen LogP contribution in [-0.2, 0) is 11.0 Å². The molecule has 1 aromatic rings. The summed E-state index contributed by atoms with van der Waals surface area (Å²) in [6.07, 6.45) is 1.53. The van der Waals surface area contributed by atoms with Gasteiger partial charge in [0, 0.05) is 12.5 Å². The molecule has 2 aliphatic rings. The number of carbonyl (C=O) groups excluding carboxylic acids is 1. The van der Waals surface area contributed by atoms with Crippen molar-refractivity contribution in [3.8, 4) is 0 Å². The predicted molar refractivity (Wildman–Crippen MR) is 77.1 cm³/mol. The minimum absolute atomic E-state index is 0.0656. The second kappa shape index (κ2) is 5.94. The molecule has 2 fully saturated rings. The van der Waals surface area contributed by atoms with Gasteiger partial charge in [0.2, 0.25) is 5.91 Å². The largest absolute Gasteiger partial charge is 0.416 e. The molecule has 1 amide bonds. The molecular formula is C17H20F3NO. The molecule has 1 heterocycles. The molecule has 0 aromatic heterocycles. The normalized spacial score (nSPS) is 23.2. The maximum atomic E-state index is 12.7. The smallest absolute Gasteiger partial charge is 0.335 e. The summed E-state index contributed by atoms with van der Waals surface area (Å²) < 4.78 is 38.0. The summed E-state index contributed by atoms with van der Waals surface area (Å²) in [5, 5.41) is 0. The lowest BCUT2D eigenvalue weighted by Crippen LogP contribution is -2.43. The van der Waals surface area contributed by atoms with Crippen LogP contribution in [0.2, 0.25) is 0 Å². The maximum Gasteiger partial charge on any atom is 0.416 e. The quantitative estimate of drug-likeness (QED) is 0.784. The maximum absolute atomic E-state index is 12.7. The van der Waals surface area contributed by atoms with Gasteiger partial charge in [-0.15, -0.1) is 0 Å². The second-order valence-electron chi connectivity index (χ2n) is 6.29. The molecule has 1 aliphatic heterocycles. The van der Waals surface area contributed by atoms with E-state index in [-0.39, 0.29) is 17.9 Å². The number of carbonyl (C=O) groups is 1. The lowest BCUT2D eigenvalue weighted by Gasteiger charge is -2.40. The van der Waals surface area contributed by atoms with Gasteiger partial charge in [0.1, 0.15) is 0 Å². The number of rotatable bonds is 2. The zero-order chi connectivity index (χ0) is 15.7. The highest BCUT2D eigenvalue weighted by Crippen LogP contribution is 2.37. The van der Waals surface area contributed by atoms with Crippen LogP contribution in [-0.4, -0.2) is 17.4 Å². The average molecular weight is 311 g/mol.